The number of unbranched alkanes of at least 4 members (excludes halogenated alkanes) is 2. The van der Waals surface area contributed by atoms with E-state index in [9.17, 15) is 0 Å². The maximum atomic E-state index is 4.52. The third-order valence-corrected chi connectivity index (χ3v) is 3.03. The van der Waals surface area contributed by atoms with Crippen LogP contribution in [-0.2, 0) is 6.54 Å². The Morgan fingerprint density at radius 1 is 1.33 bits per heavy atom. The van der Waals surface area contributed by atoms with Crippen molar-refractivity contribution in [2.75, 3.05) is 18.5 Å². The highest BCUT2D eigenvalue weighted by Crippen LogP contribution is 2.16. The van der Waals surface area contributed by atoms with Crippen molar-refractivity contribution in [2.24, 2.45) is 0 Å². The lowest BCUT2D eigenvalue weighted by Crippen LogP contribution is -2.26. The molecule has 1 aromatic heterocycles. The summed E-state index contributed by atoms with van der Waals surface area (Å²) in [5, 5.41) is 3.46. The Kier molecular flexibility index (Phi) is 6.73. The molecule has 102 valence electrons. The van der Waals surface area contributed by atoms with E-state index >= 15 is 0 Å². The molecule has 1 rings (SSSR count). The highest BCUT2D eigenvalue weighted by Gasteiger charge is 2.08. The van der Waals surface area contributed by atoms with E-state index in [1.54, 1.807) is 0 Å². The van der Waals surface area contributed by atoms with E-state index in [1.165, 1.54) is 24.8 Å². The molecular formula is C15H27N3. The van der Waals surface area contributed by atoms with Crippen LogP contribution in [-0.4, -0.2) is 24.6 Å². The van der Waals surface area contributed by atoms with Gasteiger partial charge in [0.1, 0.15) is 5.82 Å². The van der Waals surface area contributed by atoms with Crippen LogP contribution in [0.5, 0.6) is 0 Å². The van der Waals surface area contributed by atoms with Gasteiger partial charge in [-0.05, 0) is 12.5 Å². The number of pyridine rings is 1. The van der Waals surface area contributed by atoms with E-state index in [0.717, 1.165) is 18.9 Å². The van der Waals surface area contributed by atoms with Crippen molar-refractivity contribution in [3.05, 3.63) is 23.9 Å². The standard InChI is InChI=1S/C15H27N3/c1-5-6-7-11-18(4)15-14(9-8-10-16-15)12-17-13(2)3/h8-10,13,17H,5-7,11-12H2,1-4H3. The molecule has 0 unspecified atom stereocenters. The zero-order valence-corrected chi connectivity index (χ0v) is 12.2. The molecule has 0 aliphatic heterocycles. The SMILES string of the molecule is CCCCCN(C)c1ncccc1CNC(C)C. The Labute approximate surface area is 112 Å². The fourth-order valence-electron chi connectivity index (χ4n) is 1.93. The Balaban J connectivity index is 2.62. The van der Waals surface area contributed by atoms with Crippen LogP contribution in [0.25, 0.3) is 0 Å². The molecule has 1 N–H and O–H groups in total. The van der Waals surface area contributed by atoms with E-state index in [0.29, 0.717) is 6.04 Å². The minimum absolute atomic E-state index is 0.503. The van der Waals surface area contributed by atoms with Gasteiger partial charge >= 0.3 is 0 Å². The van der Waals surface area contributed by atoms with Crippen LogP contribution < -0.4 is 10.2 Å². The van der Waals surface area contributed by atoms with Crippen molar-refractivity contribution in [1.82, 2.24) is 10.3 Å². The molecule has 1 aromatic rings. The summed E-state index contributed by atoms with van der Waals surface area (Å²) in [6, 6.07) is 4.68. The molecule has 18 heavy (non-hydrogen) atoms. The minimum atomic E-state index is 0.503. The molecule has 0 spiro atoms. The predicted octanol–water partition coefficient (Wildman–Crippen LogP) is 3.21. The van der Waals surface area contributed by atoms with Crippen LogP contribution in [0.3, 0.4) is 0 Å². The molecule has 0 aliphatic rings. The van der Waals surface area contributed by atoms with Gasteiger partial charge in [-0.15, -0.1) is 0 Å². The van der Waals surface area contributed by atoms with Gasteiger partial charge in [-0.2, -0.15) is 0 Å². The first-order chi connectivity index (χ1) is 8.65. The van der Waals surface area contributed by atoms with Crippen molar-refractivity contribution in [2.45, 2.75) is 52.6 Å². The zero-order chi connectivity index (χ0) is 13.4. The second kappa shape index (κ2) is 8.09. The zero-order valence-electron chi connectivity index (χ0n) is 12.2. The van der Waals surface area contributed by atoms with Gasteiger partial charge in [0.25, 0.3) is 0 Å². The number of nitrogens with zero attached hydrogens (tertiary/aromatic N) is 2. The number of rotatable bonds is 8. The summed E-state index contributed by atoms with van der Waals surface area (Å²) in [5.41, 5.74) is 1.28. The molecule has 0 saturated heterocycles. The fourth-order valence-corrected chi connectivity index (χ4v) is 1.93. The number of hydrogen-bond donors (Lipinski definition) is 1. The molecule has 0 fully saturated rings. The van der Waals surface area contributed by atoms with E-state index < -0.39 is 0 Å². The highest BCUT2D eigenvalue weighted by atomic mass is 15.2. The summed E-state index contributed by atoms with van der Waals surface area (Å²) in [6.45, 7) is 8.54. The monoisotopic (exact) mass is 249 g/mol. The normalized spacial score (nSPS) is 10.9. The van der Waals surface area contributed by atoms with Gasteiger partial charge in [-0.1, -0.05) is 39.7 Å². The quantitative estimate of drug-likeness (QED) is 0.717. The summed E-state index contributed by atoms with van der Waals surface area (Å²) < 4.78 is 0. The number of nitrogens with one attached hydrogen (secondary N) is 1. The lowest BCUT2D eigenvalue weighted by Gasteiger charge is -2.21. The fraction of sp³-hybridized carbons (Fsp3) is 0.667. The van der Waals surface area contributed by atoms with Crippen LogP contribution in [0.2, 0.25) is 0 Å². The van der Waals surface area contributed by atoms with Crippen molar-refractivity contribution in [3.63, 3.8) is 0 Å². The van der Waals surface area contributed by atoms with Crippen LogP contribution in [0.4, 0.5) is 5.82 Å². The van der Waals surface area contributed by atoms with Crippen LogP contribution >= 0.6 is 0 Å². The second-order valence-electron chi connectivity index (χ2n) is 5.15. The number of aromatic nitrogens is 1. The number of anilines is 1. The third-order valence-electron chi connectivity index (χ3n) is 3.03. The summed E-state index contributed by atoms with van der Waals surface area (Å²) >= 11 is 0. The molecular weight excluding hydrogens is 222 g/mol. The van der Waals surface area contributed by atoms with Gasteiger partial charge in [-0.25, -0.2) is 4.98 Å². The molecule has 0 amide bonds. The third kappa shape index (κ3) is 5.05. The lowest BCUT2D eigenvalue weighted by atomic mass is 10.2. The first-order valence-corrected chi connectivity index (χ1v) is 7.03. The summed E-state index contributed by atoms with van der Waals surface area (Å²) in [4.78, 5) is 6.79. The average Bonchev–Trinajstić information content (AvgIpc) is 2.37. The van der Waals surface area contributed by atoms with Gasteiger partial charge in [0.05, 0.1) is 0 Å². The molecule has 1 heterocycles. The van der Waals surface area contributed by atoms with Crippen molar-refractivity contribution >= 4 is 5.82 Å². The molecule has 0 bridgehead atoms. The van der Waals surface area contributed by atoms with Gasteiger partial charge < -0.3 is 10.2 Å². The first kappa shape index (κ1) is 15.0. The largest absolute Gasteiger partial charge is 0.359 e. The summed E-state index contributed by atoms with van der Waals surface area (Å²) in [7, 11) is 2.14. The Morgan fingerprint density at radius 2 is 2.11 bits per heavy atom. The lowest BCUT2D eigenvalue weighted by molar-refractivity contribution is 0.586. The topological polar surface area (TPSA) is 28.2 Å². The predicted molar refractivity (Wildman–Crippen MR) is 79.0 cm³/mol. The molecule has 0 aliphatic carbocycles. The molecule has 0 saturated carbocycles. The number of hydrogen-bond acceptors (Lipinski definition) is 3. The molecule has 3 nitrogen and oxygen atoms in total. The second-order valence-corrected chi connectivity index (χ2v) is 5.15. The maximum Gasteiger partial charge on any atom is 0.132 e. The smallest absolute Gasteiger partial charge is 0.132 e. The van der Waals surface area contributed by atoms with Crippen LogP contribution in [0.1, 0.15) is 45.6 Å². The van der Waals surface area contributed by atoms with Crippen molar-refractivity contribution in [3.8, 4) is 0 Å². The van der Waals surface area contributed by atoms with Gasteiger partial charge in [0.2, 0.25) is 0 Å². The Hall–Kier alpha value is -1.09. The van der Waals surface area contributed by atoms with Crippen LogP contribution in [0, 0.1) is 0 Å². The molecule has 3 heteroatoms. The maximum absolute atomic E-state index is 4.52. The summed E-state index contributed by atoms with van der Waals surface area (Å²) in [6.07, 6.45) is 5.67. The highest BCUT2D eigenvalue weighted by molar-refractivity contribution is 5.45. The van der Waals surface area contributed by atoms with E-state index in [-0.39, 0.29) is 0 Å². The first-order valence-electron chi connectivity index (χ1n) is 7.03. The van der Waals surface area contributed by atoms with Crippen molar-refractivity contribution in [1.29, 1.82) is 0 Å². The van der Waals surface area contributed by atoms with E-state index in [4.69, 9.17) is 0 Å². The van der Waals surface area contributed by atoms with Crippen LogP contribution in [0.15, 0.2) is 18.3 Å². The Morgan fingerprint density at radius 3 is 2.78 bits per heavy atom. The molecule has 0 radical (unpaired) electrons. The van der Waals surface area contributed by atoms with Gasteiger partial charge in [0, 0.05) is 37.9 Å². The molecule has 0 atom stereocenters. The van der Waals surface area contributed by atoms with E-state index in [1.807, 2.05) is 12.3 Å². The van der Waals surface area contributed by atoms with Gasteiger partial charge in [0.15, 0.2) is 0 Å². The summed E-state index contributed by atoms with van der Waals surface area (Å²) in [5.74, 6) is 1.11. The average molecular weight is 249 g/mol. The van der Waals surface area contributed by atoms with E-state index in [2.05, 4.69) is 49.1 Å². The minimum Gasteiger partial charge on any atom is -0.359 e. The molecule has 0 aromatic carbocycles. The van der Waals surface area contributed by atoms with Gasteiger partial charge in [-0.3, -0.25) is 0 Å². The Bertz CT molecular complexity index is 336. The van der Waals surface area contributed by atoms with Crippen molar-refractivity contribution < 1.29 is 0 Å².